The molecule has 2 aliphatic rings. The zero-order valence-electron chi connectivity index (χ0n) is 14.8. The van der Waals surface area contributed by atoms with Gasteiger partial charge in [-0.1, -0.05) is 6.07 Å². The molecule has 6 nitrogen and oxygen atoms in total. The highest BCUT2D eigenvalue weighted by Gasteiger charge is 2.25. The number of aromatic nitrogens is 2. The van der Waals surface area contributed by atoms with E-state index >= 15 is 0 Å². The van der Waals surface area contributed by atoms with Crippen LogP contribution in [0, 0.1) is 0 Å². The minimum Gasteiger partial charge on any atom is -0.497 e. The summed E-state index contributed by atoms with van der Waals surface area (Å²) in [5, 5.41) is 3.44. The first-order chi connectivity index (χ1) is 12.2. The molecule has 0 bridgehead atoms. The van der Waals surface area contributed by atoms with E-state index in [0.29, 0.717) is 24.4 Å². The molecule has 0 radical (unpaired) electrons. The Morgan fingerprint density at radius 3 is 3.04 bits per heavy atom. The van der Waals surface area contributed by atoms with Gasteiger partial charge in [-0.25, -0.2) is 9.97 Å². The Bertz CT molecular complexity index is 793. The number of ether oxygens (including phenoxy) is 1. The molecule has 1 amide bonds. The monoisotopic (exact) mass is 374 g/mol. The lowest BCUT2D eigenvalue weighted by Crippen LogP contribution is -2.36. The molecule has 4 rings (SSSR count). The molecular formula is C19H23ClN4O2. The van der Waals surface area contributed by atoms with Crippen LogP contribution in [0.2, 0.25) is 0 Å². The van der Waals surface area contributed by atoms with Crippen LogP contribution in [0.5, 0.6) is 5.75 Å². The lowest BCUT2D eigenvalue weighted by Gasteiger charge is -2.28. The maximum absolute atomic E-state index is 12.8. The van der Waals surface area contributed by atoms with Crippen molar-refractivity contribution < 1.29 is 9.53 Å². The Labute approximate surface area is 159 Å². The van der Waals surface area contributed by atoms with Crippen molar-refractivity contribution in [2.45, 2.75) is 31.8 Å². The van der Waals surface area contributed by atoms with Gasteiger partial charge >= 0.3 is 0 Å². The van der Waals surface area contributed by atoms with Gasteiger partial charge in [0.2, 0.25) is 0 Å². The highest BCUT2D eigenvalue weighted by molar-refractivity contribution is 5.94. The predicted octanol–water partition coefficient (Wildman–Crippen LogP) is 2.53. The molecule has 1 saturated heterocycles. The van der Waals surface area contributed by atoms with Crippen molar-refractivity contribution in [2.75, 3.05) is 20.2 Å². The van der Waals surface area contributed by atoms with Crippen molar-refractivity contribution in [3.63, 3.8) is 0 Å². The predicted molar refractivity (Wildman–Crippen MR) is 101 cm³/mol. The SMILES string of the molecule is COc1cccc(C(=O)N2CCc3nc(C4CCCN4)ncc3C2)c1.Cl. The highest BCUT2D eigenvalue weighted by Crippen LogP contribution is 2.24. The number of rotatable bonds is 3. The number of methoxy groups -OCH3 is 1. The molecule has 0 spiro atoms. The van der Waals surface area contributed by atoms with E-state index < -0.39 is 0 Å². The van der Waals surface area contributed by atoms with Crippen LogP contribution < -0.4 is 10.1 Å². The van der Waals surface area contributed by atoms with Gasteiger partial charge in [-0.15, -0.1) is 12.4 Å². The first-order valence-corrected chi connectivity index (χ1v) is 8.76. The zero-order valence-corrected chi connectivity index (χ0v) is 15.6. The maximum atomic E-state index is 12.8. The van der Waals surface area contributed by atoms with Crippen LogP contribution in [0.1, 0.15) is 46.3 Å². The summed E-state index contributed by atoms with van der Waals surface area (Å²) in [6.07, 6.45) is 4.93. The fraction of sp³-hybridized carbons (Fsp3) is 0.421. The molecule has 0 aliphatic carbocycles. The van der Waals surface area contributed by atoms with Crippen LogP contribution in [0.15, 0.2) is 30.5 Å². The van der Waals surface area contributed by atoms with Crippen molar-refractivity contribution >= 4 is 18.3 Å². The molecule has 1 aromatic carbocycles. The van der Waals surface area contributed by atoms with E-state index in [1.807, 2.05) is 29.3 Å². The molecule has 1 aromatic heterocycles. The van der Waals surface area contributed by atoms with E-state index in [-0.39, 0.29) is 24.4 Å². The molecular weight excluding hydrogens is 352 g/mol. The van der Waals surface area contributed by atoms with E-state index in [1.54, 1.807) is 13.2 Å². The third-order valence-corrected chi connectivity index (χ3v) is 4.93. The molecule has 3 heterocycles. The number of hydrogen-bond acceptors (Lipinski definition) is 5. The molecule has 2 aliphatic heterocycles. The van der Waals surface area contributed by atoms with Crippen molar-refractivity contribution in [1.29, 1.82) is 0 Å². The van der Waals surface area contributed by atoms with E-state index in [0.717, 1.165) is 36.5 Å². The molecule has 1 fully saturated rings. The summed E-state index contributed by atoms with van der Waals surface area (Å²) in [6, 6.07) is 7.57. The molecule has 0 saturated carbocycles. The molecule has 7 heteroatoms. The lowest BCUT2D eigenvalue weighted by molar-refractivity contribution is 0.0732. The van der Waals surface area contributed by atoms with Crippen molar-refractivity contribution in [3.05, 3.63) is 53.1 Å². The van der Waals surface area contributed by atoms with Crippen molar-refractivity contribution in [1.82, 2.24) is 20.2 Å². The Morgan fingerprint density at radius 2 is 2.27 bits per heavy atom. The number of benzene rings is 1. The number of nitrogens with zero attached hydrogens (tertiary/aromatic N) is 3. The average molecular weight is 375 g/mol. The number of nitrogens with one attached hydrogen (secondary N) is 1. The fourth-order valence-corrected chi connectivity index (χ4v) is 3.52. The first kappa shape index (κ1) is 18.6. The van der Waals surface area contributed by atoms with E-state index in [9.17, 15) is 4.79 Å². The molecule has 26 heavy (non-hydrogen) atoms. The van der Waals surface area contributed by atoms with Gasteiger partial charge in [0.1, 0.15) is 11.6 Å². The van der Waals surface area contributed by atoms with Crippen LogP contribution in [0.3, 0.4) is 0 Å². The zero-order chi connectivity index (χ0) is 17.2. The number of carbonyl (C=O) groups excluding carboxylic acids is 1. The number of amides is 1. The van der Waals surface area contributed by atoms with E-state index in [4.69, 9.17) is 9.72 Å². The number of carbonyl (C=O) groups is 1. The summed E-state index contributed by atoms with van der Waals surface area (Å²) in [5.74, 6) is 1.61. The molecule has 1 atom stereocenters. The van der Waals surface area contributed by atoms with Crippen LogP contribution in [-0.2, 0) is 13.0 Å². The average Bonchev–Trinajstić information content (AvgIpc) is 3.21. The Hall–Kier alpha value is -2.18. The third-order valence-electron chi connectivity index (χ3n) is 4.93. The maximum Gasteiger partial charge on any atom is 0.254 e. The molecule has 1 unspecified atom stereocenters. The molecule has 138 valence electrons. The number of hydrogen-bond donors (Lipinski definition) is 1. The van der Waals surface area contributed by atoms with Crippen LogP contribution >= 0.6 is 12.4 Å². The summed E-state index contributed by atoms with van der Waals surface area (Å²) >= 11 is 0. The van der Waals surface area contributed by atoms with Gasteiger partial charge in [-0.05, 0) is 37.6 Å². The van der Waals surface area contributed by atoms with Crippen molar-refractivity contribution in [2.24, 2.45) is 0 Å². The lowest BCUT2D eigenvalue weighted by atomic mass is 10.1. The normalized spacial score (nSPS) is 18.8. The topological polar surface area (TPSA) is 67.3 Å². The largest absolute Gasteiger partial charge is 0.497 e. The number of halogens is 1. The Balaban J connectivity index is 0.00000196. The summed E-state index contributed by atoms with van der Waals surface area (Å²) in [6.45, 7) is 2.27. The van der Waals surface area contributed by atoms with Crippen LogP contribution in [0.25, 0.3) is 0 Å². The van der Waals surface area contributed by atoms with Crippen LogP contribution in [0.4, 0.5) is 0 Å². The van der Waals surface area contributed by atoms with E-state index in [1.165, 1.54) is 6.42 Å². The summed E-state index contributed by atoms with van der Waals surface area (Å²) < 4.78 is 5.21. The first-order valence-electron chi connectivity index (χ1n) is 8.76. The quantitative estimate of drug-likeness (QED) is 0.894. The minimum atomic E-state index is 0. The molecule has 2 aromatic rings. The Kier molecular flexibility index (Phi) is 5.74. The second-order valence-electron chi connectivity index (χ2n) is 6.56. The summed E-state index contributed by atoms with van der Waals surface area (Å²) in [7, 11) is 1.61. The third kappa shape index (κ3) is 3.66. The van der Waals surface area contributed by atoms with E-state index in [2.05, 4.69) is 10.3 Å². The smallest absolute Gasteiger partial charge is 0.254 e. The number of fused-ring (bicyclic) bond motifs is 1. The second kappa shape index (κ2) is 8.01. The van der Waals surface area contributed by atoms with Crippen LogP contribution in [-0.4, -0.2) is 41.0 Å². The second-order valence-corrected chi connectivity index (χ2v) is 6.56. The van der Waals surface area contributed by atoms with Crippen molar-refractivity contribution in [3.8, 4) is 5.75 Å². The van der Waals surface area contributed by atoms with Gasteiger partial charge in [-0.2, -0.15) is 0 Å². The van der Waals surface area contributed by atoms with Gasteiger partial charge in [0.25, 0.3) is 5.91 Å². The Morgan fingerprint density at radius 1 is 1.38 bits per heavy atom. The summed E-state index contributed by atoms with van der Waals surface area (Å²) in [4.78, 5) is 23.9. The van der Waals surface area contributed by atoms with Gasteiger partial charge < -0.3 is 15.0 Å². The fourth-order valence-electron chi connectivity index (χ4n) is 3.52. The van der Waals surface area contributed by atoms with Gasteiger partial charge in [0.05, 0.1) is 18.8 Å². The van der Waals surface area contributed by atoms with Gasteiger partial charge in [0, 0.05) is 36.8 Å². The standard InChI is InChI=1S/C19H22N4O2.ClH/c1-25-15-5-2-4-13(10-15)19(24)23-9-7-16-14(12-23)11-21-18(22-16)17-6-3-8-20-17;/h2,4-5,10-11,17,20H,3,6-9,12H2,1H3;1H. The summed E-state index contributed by atoms with van der Waals surface area (Å²) in [5.41, 5.74) is 2.77. The minimum absolute atomic E-state index is 0. The van der Waals surface area contributed by atoms with Gasteiger partial charge in [-0.3, -0.25) is 4.79 Å². The van der Waals surface area contributed by atoms with Gasteiger partial charge in [0.15, 0.2) is 0 Å². The molecule has 1 N–H and O–H groups in total. The highest BCUT2D eigenvalue weighted by atomic mass is 35.5.